The van der Waals surface area contributed by atoms with Crippen molar-refractivity contribution in [1.82, 2.24) is 20.5 Å². The Morgan fingerprint density at radius 1 is 1.06 bits per heavy atom. The molecule has 0 bridgehead atoms. The predicted molar refractivity (Wildman–Crippen MR) is 128 cm³/mol. The summed E-state index contributed by atoms with van der Waals surface area (Å²) in [6, 6.07) is 9.63. The van der Waals surface area contributed by atoms with Gasteiger partial charge in [0.05, 0.1) is 18.3 Å². The maximum atomic E-state index is 10.6. The third-order valence-electron chi connectivity index (χ3n) is 6.24. The first-order valence-corrected chi connectivity index (χ1v) is 11.0. The summed E-state index contributed by atoms with van der Waals surface area (Å²) < 4.78 is 5.52. The number of fused-ring (bicyclic) bond motifs is 1. The zero-order valence-corrected chi connectivity index (χ0v) is 20.0. The van der Waals surface area contributed by atoms with Crippen molar-refractivity contribution >= 4 is 16.7 Å². The second-order valence-corrected chi connectivity index (χ2v) is 10.2. The maximum absolute atomic E-state index is 10.6. The number of aryl methyl sites for hydroxylation is 1. The number of phenolic OH excluding ortho intramolecular Hbond substituents is 1. The van der Waals surface area contributed by atoms with E-state index in [-0.39, 0.29) is 16.8 Å². The summed E-state index contributed by atoms with van der Waals surface area (Å²) in [5.74, 6) is 1.66. The molecule has 3 aromatic rings. The van der Waals surface area contributed by atoms with Gasteiger partial charge in [-0.15, -0.1) is 10.2 Å². The molecule has 7 heteroatoms. The van der Waals surface area contributed by atoms with Crippen LogP contribution in [-0.2, 0) is 0 Å². The molecule has 0 aliphatic carbocycles. The molecule has 0 spiro atoms. The summed E-state index contributed by atoms with van der Waals surface area (Å²) in [6.45, 7) is 10.9. The molecule has 2 aromatic heterocycles. The number of nitrogens with one attached hydrogen (secondary N) is 1. The van der Waals surface area contributed by atoms with Crippen molar-refractivity contribution in [2.75, 3.05) is 19.1 Å². The summed E-state index contributed by atoms with van der Waals surface area (Å²) in [5.41, 5.74) is 2.83. The molecule has 0 amide bonds. The number of hydrogen-bond donors (Lipinski definition) is 2. The van der Waals surface area contributed by atoms with Crippen LogP contribution in [0.3, 0.4) is 0 Å². The van der Waals surface area contributed by atoms with Gasteiger partial charge in [0, 0.05) is 52.9 Å². The van der Waals surface area contributed by atoms with Gasteiger partial charge in [-0.05, 0) is 65.7 Å². The number of phenols is 1. The first kappa shape index (κ1) is 22.3. The van der Waals surface area contributed by atoms with Crippen molar-refractivity contribution < 1.29 is 9.84 Å². The van der Waals surface area contributed by atoms with E-state index in [1.165, 1.54) is 0 Å². The summed E-state index contributed by atoms with van der Waals surface area (Å²) in [4.78, 5) is 6.72. The van der Waals surface area contributed by atoms with Gasteiger partial charge in [0.1, 0.15) is 11.5 Å². The van der Waals surface area contributed by atoms with Crippen LogP contribution >= 0.6 is 0 Å². The number of hydrogen-bond acceptors (Lipinski definition) is 7. The van der Waals surface area contributed by atoms with Crippen LogP contribution in [0.25, 0.3) is 22.2 Å². The van der Waals surface area contributed by atoms with Gasteiger partial charge in [0.25, 0.3) is 0 Å². The lowest BCUT2D eigenvalue weighted by Gasteiger charge is -2.49. The van der Waals surface area contributed by atoms with E-state index in [0.717, 1.165) is 29.7 Å². The molecular formula is C25H33N5O2. The Hall–Kier alpha value is -2.93. The number of aromatic hydroxyl groups is 1. The van der Waals surface area contributed by atoms with Gasteiger partial charge < -0.3 is 20.1 Å². The average Bonchev–Trinajstić information content (AvgIpc) is 2.70. The molecule has 1 aliphatic heterocycles. The first-order chi connectivity index (χ1) is 15.0. The average molecular weight is 436 g/mol. The Morgan fingerprint density at radius 2 is 1.75 bits per heavy atom. The van der Waals surface area contributed by atoms with Gasteiger partial charge in [0.15, 0.2) is 5.82 Å². The molecule has 0 atom stereocenters. The highest BCUT2D eigenvalue weighted by Gasteiger charge is 2.39. The molecular weight excluding hydrogens is 402 g/mol. The zero-order chi connectivity index (χ0) is 23.3. The highest BCUT2D eigenvalue weighted by Crippen LogP contribution is 2.37. The molecule has 170 valence electrons. The lowest BCUT2D eigenvalue weighted by atomic mass is 9.79. The fourth-order valence-corrected chi connectivity index (χ4v) is 5.12. The second-order valence-electron chi connectivity index (χ2n) is 10.2. The van der Waals surface area contributed by atoms with Gasteiger partial charge >= 0.3 is 0 Å². The van der Waals surface area contributed by atoms with E-state index in [1.54, 1.807) is 13.2 Å². The standard InChI is InChI=1S/C25H33N5O2/c1-15-10-22(32-7)18-11-17(21(31)12-20(18)26-15)19-8-9-23(28-27-19)30(6)16-13-24(2,3)29-25(4,5)14-16/h8-12,16,29,31H,13-14H2,1-7H3. The number of nitrogens with zero attached hydrogens (tertiary/aromatic N) is 4. The molecule has 4 rings (SSSR count). The number of methoxy groups -OCH3 is 1. The Labute approximate surface area is 189 Å². The fraction of sp³-hybridized carbons (Fsp3) is 0.480. The van der Waals surface area contributed by atoms with Crippen LogP contribution in [0.4, 0.5) is 5.82 Å². The molecule has 0 saturated carbocycles. The Bertz CT molecular complexity index is 1130. The van der Waals surface area contributed by atoms with Gasteiger partial charge in [-0.1, -0.05) is 0 Å². The number of piperidine rings is 1. The molecule has 1 saturated heterocycles. The summed E-state index contributed by atoms with van der Waals surface area (Å²) in [7, 11) is 3.72. The van der Waals surface area contributed by atoms with Crippen LogP contribution in [0.1, 0.15) is 46.2 Å². The predicted octanol–water partition coefficient (Wildman–Crippen LogP) is 4.46. The highest BCUT2D eigenvalue weighted by atomic mass is 16.5. The zero-order valence-electron chi connectivity index (χ0n) is 20.0. The highest BCUT2D eigenvalue weighted by molar-refractivity contribution is 5.91. The second kappa shape index (κ2) is 7.89. The van der Waals surface area contributed by atoms with Crippen LogP contribution in [-0.4, -0.2) is 51.6 Å². The lowest BCUT2D eigenvalue weighted by molar-refractivity contribution is 0.160. The molecule has 7 nitrogen and oxygen atoms in total. The minimum atomic E-state index is 0.0520. The molecule has 32 heavy (non-hydrogen) atoms. The Kier molecular flexibility index (Phi) is 5.49. The number of rotatable bonds is 4. The lowest BCUT2D eigenvalue weighted by Crippen LogP contribution is -2.62. The SMILES string of the molecule is COc1cc(C)nc2cc(O)c(-c3ccc(N(C)C4CC(C)(C)NC(C)(C)C4)nn3)cc12. The van der Waals surface area contributed by atoms with Crippen molar-refractivity contribution in [2.45, 2.75) is 64.6 Å². The van der Waals surface area contributed by atoms with Crippen LogP contribution in [0.5, 0.6) is 11.5 Å². The normalized spacial score (nSPS) is 18.0. The van der Waals surface area contributed by atoms with Crippen molar-refractivity contribution in [1.29, 1.82) is 0 Å². The van der Waals surface area contributed by atoms with E-state index in [4.69, 9.17) is 4.74 Å². The third kappa shape index (κ3) is 4.35. The molecule has 1 aromatic carbocycles. The van der Waals surface area contributed by atoms with Crippen molar-refractivity contribution in [3.63, 3.8) is 0 Å². The van der Waals surface area contributed by atoms with E-state index >= 15 is 0 Å². The summed E-state index contributed by atoms with van der Waals surface area (Å²) in [6.07, 6.45) is 2.04. The van der Waals surface area contributed by atoms with Gasteiger partial charge in [0.2, 0.25) is 0 Å². The van der Waals surface area contributed by atoms with E-state index in [0.29, 0.717) is 28.6 Å². The number of benzene rings is 1. The molecule has 1 aliphatic rings. The monoisotopic (exact) mass is 435 g/mol. The topological polar surface area (TPSA) is 83.4 Å². The third-order valence-corrected chi connectivity index (χ3v) is 6.24. The Morgan fingerprint density at radius 3 is 2.34 bits per heavy atom. The largest absolute Gasteiger partial charge is 0.507 e. The maximum Gasteiger partial charge on any atom is 0.151 e. The number of anilines is 1. The fourth-order valence-electron chi connectivity index (χ4n) is 5.12. The Balaban J connectivity index is 1.65. The van der Waals surface area contributed by atoms with E-state index < -0.39 is 0 Å². The van der Waals surface area contributed by atoms with Crippen molar-refractivity contribution in [3.8, 4) is 22.8 Å². The van der Waals surface area contributed by atoms with E-state index in [9.17, 15) is 5.11 Å². The molecule has 0 unspecified atom stereocenters. The van der Waals surface area contributed by atoms with E-state index in [2.05, 4.69) is 60.1 Å². The minimum absolute atomic E-state index is 0.0520. The molecule has 3 heterocycles. The van der Waals surface area contributed by atoms with Crippen LogP contribution in [0.15, 0.2) is 30.3 Å². The van der Waals surface area contributed by atoms with Crippen molar-refractivity contribution in [2.24, 2.45) is 0 Å². The van der Waals surface area contributed by atoms with Gasteiger partial charge in [-0.2, -0.15) is 0 Å². The molecule has 2 N–H and O–H groups in total. The summed E-state index contributed by atoms with van der Waals surface area (Å²) >= 11 is 0. The quantitative estimate of drug-likeness (QED) is 0.626. The number of aromatic nitrogens is 3. The van der Waals surface area contributed by atoms with Gasteiger partial charge in [-0.3, -0.25) is 4.98 Å². The summed E-state index contributed by atoms with van der Waals surface area (Å²) in [5, 5.41) is 24.2. The van der Waals surface area contributed by atoms with Crippen LogP contribution in [0, 0.1) is 6.92 Å². The molecule has 0 radical (unpaired) electrons. The smallest absolute Gasteiger partial charge is 0.151 e. The van der Waals surface area contributed by atoms with Crippen molar-refractivity contribution in [3.05, 3.63) is 36.0 Å². The van der Waals surface area contributed by atoms with E-state index in [1.807, 2.05) is 31.2 Å². The first-order valence-electron chi connectivity index (χ1n) is 11.0. The minimum Gasteiger partial charge on any atom is -0.507 e. The van der Waals surface area contributed by atoms with Crippen LogP contribution in [0.2, 0.25) is 0 Å². The van der Waals surface area contributed by atoms with Gasteiger partial charge in [-0.25, -0.2) is 0 Å². The van der Waals surface area contributed by atoms with Crippen LogP contribution < -0.4 is 15.0 Å². The molecule has 1 fully saturated rings. The number of ether oxygens (including phenoxy) is 1. The number of pyridine rings is 1.